The van der Waals surface area contributed by atoms with Crippen LogP contribution < -0.4 is 11.1 Å². The number of hydrogen-bond acceptors (Lipinski definition) is 7. The normalized spacial score (nSPS) is 13.1. The fourth-order valence-corrected chi connectivity index (χ4v) is 4.87. The Labute approximate surface area is 213 Å². The minimum absolute atomic E-state index is 0.0600. The Morgan fingerprint density at radius 2 is 1.97 bits per heavy atom. The number of fused-ring (bicyclic) bond motifs is 1. The number of nitrogens with two attached hydrogens (primary N) is 1. The highest BCUT2D eigenvalue weighted by molar-refractivity contribution is 7.18. The van der Waals surface area contributed by atoms with Crippen molar-refractivity contribution < 1.29 is 9.50 Å². The number of anilines is 1. The van der Waals surface area contributed by atoms with Crippen molar-refractivity contribution in [3.8, 4) is 11.1 Å². The lowest BCUT2D eigenvalue weighted by molar-refractivity contribution is 0.282. The lowest BCUT2D eigenvalue weighted by atomic mass is 10.0. The van der Waals surface area contributed by atoms with Crippen LogP contribution in [0.5, 0.6) is 0 Å². The van der Waals surface area contributed by atoms with Gasteiger partial charge in [-0.2, -0.15) is 0 Å². The van der Waals surface area contributed by atoms with Crippen molar-refractivity contribution in [3.63, 3.8) is 0 Å². The Bertz CT molecular complexity index is 1410. The number of nitrogens with one attached hydrogen (secondary N) is 1. The van der Waals surface area contributed by atoms with E-state index in [0.29, 0.717) is 24.3 Å². The minimum atomic E-state index is -0.431. The summed E-state index contributed by atoms with van der Waals surface area (Å²) in [6.07, 6.45) is 3.63. The van der Waals surface area contributed by atoms with Crippen LogP contribution in [0.4, 0.5) is 10.2 Å². The van der Waals surface area contributed by atoms with Crippen LogP contribution in [-0.4, -0.2) is 34.4 Å². The number of thiophene rings is 1. The molecule has 4 N–H and O–H groups in total. The number of aromatic nitrogens is 2. The van der Waals surface area contributed by atoms with Gasteiger partial charge in [0.25, 0.3) is 0 Å². The molecule has 6 nitrogen and oxygen atoms in total. The molecule has 0 fully saturated rings. The van der Waals surface area contributed by atoms with Crippen LogP contribution in [-0.2, 0) is 13.0 Å². The summed E-state index contributed by atoms with van der Waals surface area (Å²) >= 11 is 1.50. The van der Waals surface area contributed by atoms with E-state index >= 15 is 0 Å². The molecule has 8 heteroatoms. The molecule has 0 bridgehead atoms. The molecule has 184 valence electrons. The van der Waals surface area contributed by atoms with E-state index < -0.39 is 5.83 Å². The van der Waals surface area contributed by atoms with Gasteiger partial charge in [-0.25, -0.2) is 14.4 Å². The number of nitrogens with zero attached hydrogens (tertiary/aromatic N) is 3. The molecule has 0 amide bonds. The third-order valence-corrected chi connectivity index (χ3v) is 6.64. The van der Waals surface area contributed by atoms with Crippen LogP contribution in [0.1, 0.15) is 23.9 Å². The molecule has 0 radical (unpaired) electrons. The number of hydrogen-bond donors (Lipinski definition) is 3. The Morgan fingerprint density at radius 3 is 2.69 bits per heavy atom. The minimum Gasteiger partial charge on any atom is -0.392 e. The van der Waals surface area contributed by atoms with Crippen molar-refractivity contribution >= 4 is 39.7 Å². The predicted molar refractivity (Wildman–Crippen MR) is 148 cm³/mol. The number of aliphatic hydroxyl groups is 1. The highest BCUT2D eigenvalue weighted by Crippen LogP contribution is 2.37. The highest BCUT2D eigenvalue weighted by atomic mass is 32.1. The standard InChI is InChI=1S/C28H28FN5OS/c1-18(29)23(11-12-31-2)27-33-25-24(21-10-6-9-20(13-21)16-35)17-36-26(25)28(34-27)32-15-22(30)14-19-7-4-3-5-8-19/h3-13,17,22,35H,2,14-16,30H2,1H3,(H,32,33,34)/b12-11-,23-18-/t22-/m0/s1. The molecule has 36 heavy (non-hydrogen) atoms. The van der Waals surface area contributed by atoms with Gasteiger partial charge in [0, 0.05) is 29.7 Å². The second-order valence-corrected chi connectivity index (χ2v) is 9.24. The number of allylic oxidation sites excluding steroid dienone is 3. The molecular weight excluding hydrogens is 473 g/mol. The van der Waals surface area contributed by atoms with Crippen LogP contribution in [0.3, 0.4) is 0 Å². The van der Waals surface area contributed by atoms with Gasteiger partial charge in [0.1, 0.15) is 11.6 Å². The number of halogens is 1. The molecule has 2 heterocycles. The maximum atomic E-state index is 14.5. The van der Waals surface area contributed by atoms with E-state index in [2.05, 4.69) is 22.0 Å². The Hall–Kier alpha value is -3.72. The molecule has 4 aromatic rings. The molecule has 0 saturated carbocycles. The molecule has 0 spiro atoms. The zero-order valence-corrected chi connectivity index (χ0v) is 20.8. The maximum absolute atomic E-state index is 14.5. The Balaban J connectivity index is 1.76. The average molecular weight is 502 g/mol. The van der Waals surface area contributed by atoms with E-state index in [-0.39, 0.29) is 24.0 Å². The smallest absolute Gasteiger partial charge is 0.164 e. The molecule has 0 unspecified atom stereocenters. The predicted octanol–water partition coefficient (Wildman–Crippen LogP) is 5.75. The summed E-state index contributed by atoms with van der Waals surface area (Å²) in [6.45, 7) is 5.21. The van der Waals surface area contributed by atoms with Gasteiger partial charge in [-0.05, 0) is 48.9 Å². The average Bonchev–Trinajstić information content (AvgIpc) is 3.32. The maximum Gasteiger partial charge on any atom is 0.164 e. The van der Waals surface area contributed by atoms with Gasteiger partial charge in [0.2, 0.25) is 0 Å². The quantitative estimate of drug-likeness (QED) is 0.190. The second kappa shape index (κ2) is 11.8. The van der Waals surface area contributed by atoms with Crippen LogP contribution in [0, 0.1) is 0 Å². The molecule has 0 aliphatic heterocycles. The van der Waals surface area contributed by atoms with Gasteiger partial charge in [0.15, 0.2) is 5.82 Å². The number of rotatable bonds is 10. The van der Waals surface area contributed by atoms with E-state index in [1.165, 1.54) is 30.5 Å². The summed E-state index contributed by atoms with van der Waals surface area (Å²) in [5.41, 5.74) is 11.1. The molecular formula is C28H28FN5OS. The number of aliphatic hydroxyl groups excluding tert-OH is 1. The van der Waals surface area contributed by atoms with Gasteiger partial charge in [-0.15, -0.1) is 11.3 Å². The first-order valence-corrected chi connectivity index (χ1v) is 12.4. The first-order chi connectivity index (χ1) is 17.5. The van der Waals surface area contributed by atoms with Crippen LogP contribution in [0.2, 0.25) is 0 Å². The lowest BCUT2D eigenvalue weighted by Gasteiger charge is -2.15. The van der Waals surface area contributed by atoms with Gasteiger partial charge < -0.3 is 16.2 Å². The zero-order valence-electron chi connectivity index (χ0n) is 20.0. The van der Waals surface area contributed by atoms with Crippen molar-refractivity contribution in [1.82, 2.24) is 9.97 Å². The second-order valence-electron chi connectivity index (χ2n) is 8.36. The van der Waals surface area contributed by atoms with Crippen molar-refractivity contribution in [2.45, 2.75) is 26.0 Å². The number of aliphatic imine (C=N–C) groups is 1. The monoisotopic (exact) mass is 501 g/mol. The van der Waals surface area contributed by atoms with Crippen molar-refractivity contribution in [2.24, 2.45) is 10.7 Å². The SMILES string of the molecule is C=N/C=C\C(=C(/C)F)c1nc(NC[C@@H](N)Cc2ccccc2)c2scc(-c3cccc(CO)c3)c2n1. The Morgan fingerprint density at radius 1 is 1.19 bits per heavy atom. The fraction of sp³-hybridized carbons (Fsp3) is 0.179. The zero-order chi connectivity index (χ0) is 25.5. The summed E-state index contributed by atoms with van der Waals surface area (Å²) < 4.78 is 15.4. The van der Waals surface area contributed by atoms with Crippen LogP contribution in [0.15, 0.2) is 83.1 Å². The summed E-state index contributed by atoms with van der Waals surface area (Å²) in [4.78, 5) is 13.1. The lowest BCUT2D eigenvalue weighted by Crippen LogP contribution is -2.31. The van der Waals surface area contributed by atoms with Gasteiger partial charge in [-0.3, -0.25) is 4.99 Å². The first kappa shape index (κ1) is 25.4. The van der Waals surface area contributed by atoms with Crippen molar-refractivity contribution in [1.29, 1.82) is 0 Å². The molecule has 0 aliphatic rings. The highest BCUT2D eigenvalue weighted by Gasteiger charge is 2.18. The van der Waals surface area contributed by atoms with Crippen molar-refractivity contribution in [3.05, 3.63) is 95.0 Å². The van der Waals surface area contributed by atoms with Gasteiger partial charge in [-0.1, -0.05) is 48.5 Å². The topological polar surface area (TPSA) is 96.4 Å². The van der Waals surface area contributed by atoms with E-state index in [1.54, 1.807) is 0 Å². The summed E-state index contributed by atoms with van der Waals surface area (Å²) in [5, 5.41) is 15.0. The van der Waals surface area contributed by atoms with E-state index in [1.807, 2.05) is 60.0 Å². The molecule has 0 saturated heterocycles. The number of benzene rings is 2. The van der Waals surface area contributed by atoms with E-state index in [4.69, 9.17) is 10.7 Å². The van der Waals surface area contributed by atoms with Gasteiger partial charge in [0.05, 0.1) is 22.4 Å². The summed E-state index contributed by atoms with van der Waals surface area (Å²) in [5.74, 6) is 0.395. The van der Waals surface area contributed by atoms with Crippen molar-refractivity contribution in [2.75, 3.05) is 11.9 Å². The molecule has 0 aliphatic carbocycles. The third kappa shape index (κ3) is 5.91. The first-order valence-electron chi connectivity index (χ1n) is 11.5. The van der Waals surface area contributed by atoms with Crippen LogP contribution in [0.25, 0.3) is 26.9 Å². The van der Waals surface area contributed by atoms with E-state index in [9.17, 15) is 9.50 Å². The third-order valence-electron chi connectivity index (χ3n) is 5.67. The summed E-state index contributed by atoms with van der Waals surface area (Å²) in [7, 11) is 0. The molecule has 4 rings (SSSR count). The largest absolute Gasteiger partial charge is 0.392 e. The fourth-order valence-electron chi connectivity index (χ4n) is 3.89. The molecule has 1 atom stereocenters. The van der Waals surface area contributed by atoms with E-state index in [0.717, 1.165) is 27.0 Å². The van der Waals surface area contributed by atoms with Crippen LogP contribution >= 0.6 is 11.3 Å². The molecule has 2 aromatic heterocycles. The molecule has 2 aromatic carbocycles. The summed E-state index contributed by atoms with van der Waals surface area (Å²) in [6, 6.07) is 17.6. The van der Waals surface area contributed by atoms with Gasteiger partial charge >= 0.3 is 0 Å². The Kier molecular flexibility index (Phi) is 8.32.